The van der Waals surface area contributed by atoms with Crippen LogP contribution in [0.15, 0.2) is 24.3 Å². The van der Waals surface area contributed by atoms with Gasteiger partial charge in [-0.25, -0.2) is 0 Å². The number of rotatable bonds is 3. The van der Waals surface area contributed by atoms with Crippen molar-refractivity contribution in [3.05, 3.63) is 35.4 Å². The van der Waals surface area contributed by atoms with E-state index in [1.807, 2.05) is 31.2 Å². The van der Waals surface area contributed by atoms with Gasteiger partial charge in [-0.3, -0.25) is 4.79 Å². The first-order valence-corrected chi connectivity index (χ1v) is 5.80. The first-order chi connectivity index (χ1) is 8.24. The molecule has 0 heterocycles. The third kappa shape index (κ3) is 9.81. The standard InChI is InChI=1S/C11H14O2.C3H8O2/c1-9-5-3-4-6-10(9)7-8-11(12)13-2;1-3(2,4)5/h3-6H,7-8H2,1-2H3;4-5H,1-2H3. The first-order valence-electron chi connectivity index (χ1n) is 5.80. The van der Waals surface area contributed by atoms with Crippen molar-refractivity contribution in [2.75, 3.05) is 7.11 Å². The SMILES string of the molecule is CC(C)(O)O.COC(=O)CCc1ccccc1C. The molecule has 102 valence electrons. The average molecular weight is 254 g/mol. The van der Waals surface area contributed by atoms with E-state index in [0.29, 0.717) is 6.42 Å². The number of aliphatic hydroxyl groups is 2. The van der Waals surface area contributed by atoms with E-state index < -0.39 is 5.79 Å². The van der Waals surface area contributed by atoms with Crippen LogP contribution < -0.4 is 0 Å². The monoisotopic (exact) mass is 254 g/mol. The molecule has 0 amide bonds. The second-order valence-corrected chi connectivity index (χ2v) is 4.50. The van der Waals surface area contributed by atoms with Crippen molar-refractivity contribution in [2.24, 2.45) is 0 Å². The van der Waals surface area contributed by atoms with Gasteiger partial charge in [0.15, 0.2) is 5.79 Å². The molecular weight excluding hydrogens is 232 g/mol. The number of methoxy groups -OCH3 is 1. The van der Waals surface area contributed by atoms with Crippen LogP contribution in [0.2, 0.25) is 0 Å². The highest BCUT2D eigenvalue weighted by Crippen LogP contribution is 2.09. The molecule has 18 heavy (non-hydrogen) atoms. The molecule has 1 aromatic rings. The Labute approximate surface area is 108 Å². The number of ether oxygens (including phenoxy) is 1. The van der Waals surface area contributed by atoms with Crippen LogP contribution in [0.1, 0.15) is 31.4 Å². The van der Waals surface area contributed by atoms with Gasteiger partial charge in [0.25, 0.3) is 0 Å². The molecule has 4 nitrogen and oxygen atoms in total. The summed E-state index contributed by atoms with van der Waals surface area (Å²) in [6, 6.07) is 8.07. The van der Waals surface area contributed by atoms with Gasteiger partial charge in [-0.15, -0.1) is 0 Å². The zero-order valence-corrected chi connectivity index (χ0v) is 11.4. The van der Waals surface area contributed by atoms with E-state index in [4.69, 9.17) is 10.2 Å². The van der Waals surface area contributed by atoms with Crippen LogP contribution in [0, 0.1) is 6.92 Å². The Bertz CT molecular complexity index is 360. The highest BCUT2D eigenvalue weighted by Gasteiger charge is 2.02. The minimum atomic E-state index is -1.50. The van der Waals surface area contributed by atoms with Crippen LogP contribution in [0.5, 0.6) is 0 Å². The molecule has 4 heteroatoms. The van der Waals surface area contributed by atoms with E-state index in [-0.39, 0.29) is 5.97 Å². The third-order valence-electron chi connectivity index (χ3n) is 2.09. The van der Waals surface area contributed by atoms with E-state index in [9.17, 15) is 4.79 Å². The number of esters is 1. The molecule has 0 radical (unpaired) electrons. The zero-order chi connectivity index (χ0) is 14.2. The van der Waals surface area contributed by atoms with Gasteiger partial charge in [-0.2, -0.15) is 0 Å². The molecule has 0 unspecified atom stereocenters. The summed E-state index contributed by atoms with van der Waals surface area (Å²) >= 11 is 0. The van der Waals surface area contributed by atoms with Crippen LogP contribution >= 0.6 is 0 Å². The fourth-order valence-corrected chi connectivity index (χ4v) is 1.23. The van der Waals surface area contributed by atoms with E-state index in [2.05, 4.69) is 4.74 Å². The van der Waals surface area contributed by atoms with E-state index in [1.54, 1.807) is 0 Å². The number of hydrogen-bond donors (Lipinski definition) is 2. The number of aryl methyl sites for hydroxylation is 2. The van der Waals surface area contributed by atoms with Crippen LogP contribution in [0.4, 0.5) is 0 Å². The summed E-state index contributed by atoms with van der Waals surface area (Å²) in [5, 5.41) is 16.2. The lowest BCUT2D eigenvalue weighted by atomic mass is 10.0. The van der Waals surface area contributed by atoms with Gasteiger partial charge in [-0.05, 0) is 38.3 Å². The van der Waals surface area contributed by atoms with Gasteiger partial charge in [-0.1, -0.05) is 24.3 Å². The zero-order valence-electron chi connectivity index (χ0n) is 11.4. The number of benzene rings is 1. The summed E-state index contributed by atoms with van der Waals surface area (Å²) in [5.41, 5.74) is 2.44. The summed E-state index contributed by atoms with van der Waals surface area (Å²) < 4.78 is 4.57. The Kier molecular flexibility index (Phi) is 7.24. The Morgan fingerprint density at radius 1 is 1.28 bits per heavy atom. The summed E-state index contributed by atoms with van der Waals surface area (Å²) in [7, 11) is 1.42. The highest BCUT2D eigenvalue weighted by atomic mass is 16.5. The van der Waals surface area contributed by atoms with Crippen LogP contribution in [0.25, 0.3) is 0 Å². The fraction of sp³-hybridized carbons (Fsp3) is 0.500. The van der Waals surface area contributed by atoms with Crippen molar-refractivity contribution in [2.45, 2.75) is 39.4 Å². The van der Waals surface area contributed by atoms with Gasteiger partial charge in [0.2, 0.25) is 0 Å². The maximum Gasteiger partial charge on any atom is 0.305 e. The minimum absolute atomic E-state index is 0.150. The second-order valence-electron chi connectivity index (χ2n) is 4.50. The van der Waals surface area contributed by atoms with Gasteiger partial charge < -0.3 is 14.9 Å². The predicted octanol–water partition coefficient (Wildman–Crippen LogP) is 1.81. The minimum Gasteiger partial charge on any atom is -0.469 e. The molecule has 0 bridgehead atoms. The molecule has 0 aliphatic rings. The second kappa shape index (κ2) is 7.84. The summed E-state index contributed by atoms with van der Waals surface area (Å²) in [6.07, 6.45) is 1.22. The third-order valence-corrected chi connectivity index (χ3v) is 2.09. The average Bonchev–Trinajstić information content (AvgIpc) is 2.25. The lowest BCUT2D eigenvalue weighted by Gasteiger charge is -2.03. The summed E-state index contributed by atoms with van der Waals surface area (Å²) in [4.78, 5) is 10.9. The number of hydrogen-bond acceptors (Lipinski definition) is 4. The highest BCUT2D eigenvalue weighted by molar-refractivity contribution is 5.69. The van der Waals surface area contributed by atoms with Gasteiger partial charge in [0.1, 0.15) is 0 Å². The van der Waals surface area contributed by atoms with Crippen molar-refractivity contribution in [3.63, 3.8) is 0 Å². The molecular formula is C14H22O4. The smallest absolute Gasteiger partial charge is 0.305 e. The lowest BCUT2D eigenvalue weighted by molar-refractivity contribution is -0.140. The van der Waals surface area contributed by atoms with Gasteiger partial charge in [0, 0.05) is 6.42 Å². The molecule has 0 atom stereocenters. The van der Waals surface area contributed by atoms with Crippen LogP contribution in [-0.4, -0.2) is 29.1 Å². The molecule has 0 aromatic heterocycles. The normalized spacial score (nSPS) is 10.3. The summed E-state index contributed by atoms with van der Waals surface area (Å²) in [5.74, 6) is -1.65. The molecule has 0 saturated carbocycles. The first kappa shape index (κ1) is 16.6. The molecule has 0 spiro atoms. The van der Waals surface area contributed by atoms with Crippen molar-refractivity contribution in [3.8, 4) is 0 Å². The van der Waals surface area contributed by atoms with E-state index in [0.717, 1.165) is 6.42 Å². The molecule has 0 fully saturated rings. The predicted molar refractivity (Wildman–Crippen MR) is 70.0 cm³/mol. The fourth-order valence-electron chi connectivity index (χ4n) is 1.23. The Morgan fingerprint density at radius 2 is 1.78 bits per heavy atom. The molecule has 0 aliphatic carbocycles. The maximum absolute atomic E-state index is 10.9. The van der Waals surface area contributed by atoms with Gasteiger partial charge >= 0.3 is 5.97 Å². The Morgan fingerprint density at radius 3 is 2.22 bits per heavy atom. The van der Waals surface area contributed by atoms with Crippen molar-refractivity contribution >= 4 is 5.97 Å². The molecule has 0 saturated heterocycles. The van der Waals surface area contributed by atoms with Crippen molar-refractivity contribution in [1.29, 1.82) is 0 Å². The van der Waals surface area contributed by atoms with Gasteiger partial charge in [0.05, 0.1) is 7.11 Å². The number of carbonyl (C=O) groups excluding carboxylic acids is 1. The topological polar surface area (TPSA) is 66.8 Å². The Balaban J connectivity index is 0.000000494. The molecule has 1 aromatic carbocycles. The number of carbonyl (C=O) groups is 1. The lowest BCUT2D eigenvalue weighted by Crippen LogP contribution is -2.15. The maximum atomic E-state index is 10.9. The van der Waals surface area contributed by atoms with Crippen molar-refractivity contribution < 1.29 is 19.7 Å². The van der Waals surface area contributed by atoms with E-state index >= 15 is 0 Å². The molecule has 0 aliphatic heterocycles. The van der Waals surface area contributed by atoms with Crippen molar-refractivity contribution in [1.82, 2.24) is 0 Å². The van der Waals surface area contributed by atoms with Crippen LogP contribution in [-0.2, 0) is 16.0 Å². The van der Waals surface area contributed by atoms with Crippen LogP contribution in [0.3, 0.4) is 0 Å². The summed E-state index contributed by atoms with van der Waals surface area (Å²) in [6.45, 7) is 4.65. The Hall–Kier alpha value is -1.39. The molecule has 2 N–H and O–H groups in total. The molecule has 1 rings (SSSR count). The quantitative estimate of drug-likeness (QED) is 0.637. The van der Waals surface area contributed by atoms with E-state index in [1.165, 1.54) is 32.1 Å². The largest absolute Gasteiger partial charge is 0.469 e.